The number of benzene rings is 1. The Morgan fingerprint density at radius 1 is 1.30 bits per heavy atom. The summed E-state index contributed by atoms with van der Waals surface area (Å²) in [6.07, 6.45) is 1.83. The Bertz CT molecular complexity index is 575. The number of likely N-dealkylation sites (N-methyl/N-ethyl adjacent to an activating group) is 1. The first-order chi connectivity index (χ1) is 10.4. The molecule has 23 heavy (non-hydrogen) atoms. The Morgan fingerprint density at radius 3 is 2.52 bits per heavy atom. The van der Waals surface area contributed by atoms with Gasteiger partial charge in [-0.2, -0.15) is 4.31 Å². The lowest BCUT2D eigenvalue weighted by Gasteiger charge is -2.24. The summed E-state index contributed by atoms with van der Waals surface area (Å²) < 4.78 is 32.7. The van der Waals surface area contributed by atoms with Crippen molar-refractivity contribution in [3.05, 3.63) is 24.3 Å². The van der Waals surface area contributed by atoms with Crippen LogP contribution in [0.1, 0.15) is 26.7 Å². The van der Waals surface area contributed by atoms with Crippen LogP contribution in [0.15, 0.2) is 29.2 Å². The van der Waals surface area contributed by atoms with Crippen molar-refractivity contribution in [2.24, 2.45) is 5.92 Å². The van der Waals surface area contributed by atoms with Crippen molar-refractivity contribution in [3.8, 4) is 5.75 Å². The highest BCUT2D eigenvalue weighted by Crippen LogP contribution is 2.27. The normalized spacial score (nSPS) is 18.9. The van der Waals surface area contributed by atoms with E-state index in [0.717, 1.165) is 12.8 Å². The average molecular weight is 363 g/mol. The Balaban J connectivity index is 0.00000264. The molecule has 7 heteroatoms. The first-order valence-corrected chi connectivity index (χ1v) is 9.28. The molecule has 1 N–H and O–H groups in total. The lowest BCUT2D eigenvalue weighted by Crippen LogP contribution is -2.40. The lowest BCUT2D eigenvalue weighted by molar-refractivity contribution is 0.271. The summed E-state index contributed by atoms with van der Waals surface area (Å²) >= 11 is 0. The molecule has 5 nitrogen and oxygen atoms in total. The summed E-state index contributed by atoms with van der Waals surface area (Å²) in [4.78, 5) is 0.340. The first-order valence-electron chi connectivity index (χ1n) is 7.84. The number of nitrogens with zero attached hydrogens (tertiary/aromatic N) is 1. The lowest BCUT2D eigenvalue weighted by atomic mass is 10.2. The van der Waals surface area contributed by atoms with Crippen molar-refractivity contribution < 1.29 is 13.2 Å². The predicted octanol–water partition coefficient (Wildman–Crippen LogP) is 2.52. The van der Waals surface area contributed by atoms with E-state index in [4.69, 9.17) is 4.74 Å². The van der Waals surface area contributed by atoms with Crippen LogP contribution in [0, 0.1) is 5.92 Å². The molecule has 1 heterocycles. The van der Waals surface area contributed by atoms with Crippen LogP contribution >= 0.6 is 12.4 Å². The fourth-order valence-electron chi connectivity index (χ4n) is 2.67. The maximum absolute atomic E-state index is 12.8. The van der Waals surface area contributed by atoms with E-state index in [1.165, 1.54) is 0 Å². The highest BCUT2D eigenvalue weighted by atomic mass is 35.5. The number of halogens is 1. The van der Waals surface area contributed by atoms with Gasteiger partial charge in [-0.15, -0.1) is 12.4 Å². The van der Waals surface area contributed by atoms with Gasteiger partial charge < -0.3 is 10.1 Å². The van der Waals surface area contributed by atoms with E-state index >= 15 is 0 Å². The molecule has 0 aromatic heterocycles. The number of nitrogens with one attached hydrogen (secondary N) is 1. The summed E-state index contributed by atoms with van der Waals surface area (Å²) in [6.45, 7) is 6.07. The van der Waals surface area contributed by atoms with E-state index in [2.05, 4.69) is 19.2 Å². The Hall–Kier alpha value is -0.820. The van der Waals surface area contributed by atoms with Crippen LogP contribution in [0.2, 0.25) is 0 Å². The molecule has 0 spiro atoms. The van der Waals surface area contributed by atoms with Gasteiger partial charge in [-0.05, 0) is 50.1 Å². The minimum atomic E-state index is -3.42. The molecule has 1 aliphatic rings. The van der Waals surface area contributed by atoms with Gasteiger partial charge in [0.1, 0.15) is 5.75 Å². The van der Waals surface area contributed by atoms with Crippen LogP contribution in [-0.2, 0) is 10.0 Å². The molecule has 0 bridgehead atoms. The monoisotopic (exact) mass is 362 g/mol. The molecular weight excluding hydrogens is 336 g/mol. The van der Waals surface area contributed by atoms with Gasteiger partial charge in [0, 0.05) is 19.1 Å². The van der Waals surface area contributed by atoms with Gasteiger partial charge in [-0.3, -0.25) is 0 Å². The van der Waals surface area contributed by atoms with Crippen LogP contribution in [-0.4, -0.2) is 45.5 Å². The molecular formula is C16H27ClN2O3S. The van der Waals surface area contributed by atoms with E-state index in [9.17, 15) is 8.42 Å². The molecule has 1 aliphatic heterocycles. The molecule has 1 atom stereocenters. The van der Waals surface area contributed by atoms with Crippen LogP contribution in [0.4, 0.5) is 0 Å². The third kappa shape index (κ3) is 5.08. The van der Waals surface area contributed by atoms with Crippen molar-refractivity contribution in [1.29, 1.82) is 0 Å². The number of rotatable bonds is 7. The van der Waals surface area contributed by atoms with Gasteiger partial charge in [-0.25, -0.2) is 8.42 Å². The average Bonchev–Trinajstić information content (AvgIpc) is 2.95. The fourth-order valence-corrected chi connectivity index (χ4v) is 4.36. The van der Waals surface area contributed by atoms with Crippen LogP contribution in [0.3, 0.4) is 0 Å². The molecule has 1 fully saturated rings. The zero-order valence-corrected chi connectivity index (χ0v) is 15.6. The number of hydrogen-bond donors (Lipinski definition) is 1. The maximum atomic E-state index is 12.8. The van der Waals surface area contributed by atoms with Gasteiger partial charge in [0.2, 0.25) is 10.0 Å². The van der Waals surface area contributed by atoms with Gasteiger partial charge in [0.25, 0.3) is 0 Å². The van der Waals surface area contributed by atoms with Crippen molar-refractivity contribution in [1.82, 2.24) is 9.62 Å². The third-order valence-corrected chi connectivity index (χ3v) is 5.74. The Labute approximate surface area is 145 Å². The zero-order valence-electron chi connectivity index (χ0n) is 14.0. The number of sulfonamides is 1. The van der Waals surface area contributed by atoms with Crippen LogP contribution in [0.5, 0.6) is 5.75 Å². The van der Waals surface area contributed by atoms with Crippen molar-refractivity contribution >= 4 is 22.4 Å². The topological polar surface area (TPSA) is 58.6 Å². The molecule has 1 unspecified atom stereocenters. The van der Waals surface area contributed by atoms with Crippen molar-refractivity contribution in [3.63, 3.8) is 0 Å². The minimum Gasteiger partial charge on any atom is -0.493 e. The van der Waals surface area contributed by atoms with E-state index in [-0.39, 0.29) is 18.4 Å². The summed E-state index contributed by atoms with van der Waals surface area (Å²) in [6, 6.07) is 6.79. The second-order valence-corrected chi connectivity index (χ2v) is 8.04. The standard InChI is InChI=1S/C16H26N2O3S.ClH/c1-13(2)12-21-15-6-8-16(9-7-15)22(19,20)18-10-4-5-14(18)11-17-3;/h6-9,13-14,17H,4-5,10-12H2,1-3H3;1H. The predicted molar refractivity (Wildman–Crippen MR) is 94.9 cm³/mol. The molecule has 0 amide bonds. The van der Waals surface area contributed by atoms with E-state index < -0.39 is 10.0 Å². The molecule has 1 saturated heterocycles. The maximum Gasteiger partial charge on any atom is 0.243 e. The molecule has 2 rings (SSSR count). The van der Waals surface area contributed by atoms with Crippen molar-refractivity contribution in [2.75, 3.05) is 26.7 Å². The van der Waals surface area contributed by atoms with Crippen LogP contribution < -0.4 is 10.1 Å². The molecule has 0 radical (unpaired) electrons. The van der Waals surface area contributed by atoms with Gasteiger partial charge in [-0.1, -0.05) is 13.8 Å². The second-order valence-electron chi connectivity index (χ2n) is 6.15. The summed E-state index contributed by atoms with van der Waals surface area (Å²) in [5.41, 5.74) is 0. The largest absolute Gasteiger partial charge is 0.493 e. The van der Waals surface area contributed by atoms with Gasteiger partial charge in [0.05, 0.1) is 11.5 Å². The first kappa shape index (κ1) is 20.2. The summed E-state index contributed by atoms with van der Waals surface area (Å²) in [5.74, 6) is 1.15. The van der Waals surface area contributed by atoms with E-state index in [1.54, 1.807) is 28.6 Å². The Kier molecular flexibility index (Phi) is 7.80. The van der Waals surface area contributed by atoms with E-state index in [0.29, 0.717) is 36.3 Å². The van der Waals surface area contributed by atoms with Crippen molar-refractivity contribution in [2.45, 2.75) is 37.6 Å². The minimum absolute atomic E-state index is 0. The molecule has 1 aromatic carbocycles. The molecule has 1 aromatic rings. The SMILES string of the molecule is CNCC1CCCN1S(=O)(=O)c1ccc(OCC(C)C)cc1.Cl. The highest BCUT2D eigenvalue weighted by Gasteiger charge is 2.34. The smallest absolute Gasteiger partial charge is 0.243 e. The fraction of sp³-hybridized carbons (Fsp3) is 0.625. The second kappa shape index (κ2) is 8.87. The quantitative estimate of drug-likeness (QED) is 0.809. The summed E-state index contributed by atoms with van der Waals surface area (Å²) in [5, 5.41) is 3.07. The third-order valence-electron chi connectivity index (χ3n) is 3.78. The zero-order chi connectivity index (χ0) is 16.2. The molecule has 0 saturated carbocycles. The molecule has 132 valence electrons. The van der Waals surface area contributed by atoms with Crippen LogP contribution in [0.25, 0.3) is 0 Å². The van der Waals surface area contributed by atoms with E-state index in [1.807, 2.05) is 7.05 Å². The van der Waals surface area contributed by atoms with Gasteiger partial charge >= 0.3 is 0 Å². The Morgan fingerprint density at radius 2 is 1.96 bits per heavy atom. The summed E-state index contributed by atoms with van der Waals surface area (Å²) in [7, 11) is -1.57. The number of hydrogen-bond acceptors (Lipinski definition) is 4. The van der Waals surface area contributed by atoms with Gasteiger partial charge in [0.15, 0.2) is 0 Å². The highest BCUT2D eigenvalue weighted by molar-refractivity contribution is 7.89. The number of ether oxygens (including phenoxy) is 1. The molecule has 0 aliphatic carbocycles.